The molecule has 0 spiro atoms. The fraction of sp³-hybridized carbons (Fsp3) is 0.154. The smallest absolute Gasteiger partial charge is 0.266 e. The van der Waals surface area contributed by atoms with Crippen molar-refractivity contribution in [1.29, 1.82) is 5.26 Å². The van der Waals surface area contributed by atoms with E-state index in [0.29, 0.717) is 27.2 Å². The first-order valence-electron chi connectivity index (χ1n) is 10.2. The Balaban J connectivity index is 1.79. The van der Waals surface area contributed by atoms with E-state index in [4.69, 9.17) is 9.47 Å². The lowest BCUT2D eigenvalue weighted by Gasteiger charge is -2.14. The van der Waals surface area contributed by atoms with Crippen LogP contribution in [0.4, 0.5) is 10.1 Å². The number of anilines is 1. The number of halogens is 2. The third kappa shape index (κ3) is 6.43. The molecule has 0 saturated heterocycles. The Hall–Kier alpha value is -3.63. The predicted octanol–water partition coefficient (Wildman–Crippen LogP) is 6.28. The van der Waals surface area contributed by atoms with Gasteiger partial charge in [0, 0.05) is 5.69 Å². The Kier molecular flexibility index (Phi) is 8.22. The zero-order valence-corrected chi connectivity index (χ0v) is 19.8. The number of nitrogens with one attached hydrogen (secondary N) is 1. The summed E-state index contributed by atoms with van der Waals surface area (Å²) in [6.45, 7) is 2.27. The normalized spacial score (nSPS) is 10.9. The van der Waals surface area contributed by atoms with Gasteiger partial charge in [0.05, 0.1) is 11.6 Å². The fourth-order valence-corrected chi connectivity index (χ4v) is 3.61. The van der Waals surface area contributed by atoms with Crippen LogP contribution >= 0.6 is 15.9 Å². The van der Waals surface area contributed by atoms with E-state index in [2.05, 4.69) is 28.2 Å². The first-order valence-corrected chi connectivity index (χ1v) is 11.0. The molecule has 7 heteroatoms. The summed E-state index contributed by atoms with van der Waals surface area (Å²) in [6.07, 6.45) is 2.38. The highest BCUT2D eigenvalue weighted by Gasteiger charge is 2.14. The number of ether oxygens (including phenoxy) is 2. The molecule has 3 rings (SSSR count). The highest BCUT2D eigenvalue weighted by molar-refractivity contribution is 9.10. The van der Waals surface area contributed by atoms with Gasteiger partial charge in [-0.3, -0.25) is 4.79 Å². The van der Waals surface area contributed by atoms with E-state index in [-0.39, 0.29) is 18.0 Å². The molecule has 1 amide bonds. The first kappa shape index (κ1) is 24.0. The summed E-state index contributed by atoms with van der Waals surface area (Å²) < 4.78 is 25.0. The van der Waals surface area contributed by atoms with Crippen molar-refractivity contribution in [3.05, 3.63) is 93.2 Å². The van der Waals surface area contributed by atoms with Gasteiger partial charge in [0.2, 0.25) is 0 Å². The van der Waals surface area contributed by atoms with Gasteiger partial charge in [-0.2, -0.15) is 5.26 Å². The standard InChI is InChI=1S/C26H22BrFN2O3/c1-3-17-6-10-22(11-7-17)30-26(31)20(15-29)12-19-13-23(27)25(24(14-19)32-2)33-16-18-4-8-21(28)9-5-18/h4-14H,3,16H2,1-2H3,(H,30,31)/b20-12-. The number of hydrogen-bond acceptors (Lipinski definition) is 4. The lowest BCUT2D eigenvalue weighted by Crippen LogP contribution is -2.13. The molecule has 3 aromatic rings. The van der Waals surface area contributed by atoms with Gasteiger partial charge in [-0.15, -0.1) is 0 Å². The molecule has 1 N–H and O–H groups in total. The summed E-state index contributed by atoms with van der Waals surface area (Å²) >= 11 is 3.46. The van der Waals surface area contributed by atoms with E-state index in [1.165, 1.54) is 25.3 Å². The van der Waals surface area contributed by atoms with E-state index in [1.54, 1.807) is 36.4 Å². The molecule has 0 radical (unpaired) electrons. The van der Waals surface area contributed by atoms with E-state index < -0.39 is 5.91 Å². The highest BCUT2D eigenvalue weighted by Crippen LogP contribution is 2.37. The van der Waals surface area contributed by atoms with Crippen LogP contribution in [0.3, 0.4) is 0 Å². The molecule has 0 aliphatic rings. The molecular weight excluding hydrogens is 487 g/mol. The molecule has 0 aromatic heterocycles. The third-order valence-corrected chi connectivity index (χ3v) is 5.43. The van der Waals surface area contributed by atoms with Gasteiger partial charge in [-0.25, -0.2) is 4.39 Å². The highest BCUT2D eigenvalue weighted by atomic mass is 79.9. The Morgan fingerprint density at radius 2 is 1.79 bits per heavy atom. The van der Waals surface area contributed by atoms with E-state index in [9.17, 15) is 14.4 Å². The minimum absolute atomic E-state index is 0.0523. The van der Waals surface area contributed by atoms with Crippen molar-refractivity contribution in [2.24, 2.45) is 0 Å². The zero-order chi connectivity index (χ0) is 23.8. The molecule has 3 aromatic carbocycles. The largest absolute Gasteiger partial charge is 0.493 e. The van der Waals surface area contributed by atoms with Crippen LogP contribution in [-0.4, -0.2) is 13.0 Å². The zero-order valence-electron chi connectivity index (χ0n) is 18.2. The monoisotopic (exact) mass is 508 g/mol. The molecule has 5 nitrogen and oxygen atoms in total. The lowest BCUT2D eigenvalue weighted by molar-refractivity contribution is -0.112. The molecule has 0 aliphatic carbocycles. The van der Waals surface area contributed by atoms with Gasteiger partial charge in [0.1, 0.15) is 24.1 Å². The van der Waals surface area contributed by atoms with Crippen LogP contribution in [0.2, 0.25) is 0 Å². The molecular formula is C26H22BrFN2O3. The predicted molar refractivity (Wildman–Crippen MR) is 129 cm³/mol. The molecule has 0 unspecified atom stereocenters. The molecule has 33 heavy (non-hydrogen) atoms. The van der Waals surface area contributed by atoms with Gasteiger partial charge >= 0.3 is 0 Å². The number of amides is 1. The van der Waals surface area contributed by atoms with Gasteiger partial charge in [-0.1, -0.05) is 31.2 Å². The van der Waals surface area contributed by atoms with Crippen LogP contribution in [0.1, 0.15) is 23.6 Å². The number of methoxy groups -OCH3 is 1. The Morgan fingerprint density at radius 3 is 2.39 bits per heavy atom. The quantitative estimate of drug-likeness (QED) is 0.287. The van der Waals surface area contributed by atoms with Crippen LogP contribution in [0.15, 0.2) is 70.7 Å². The van der Waals surface area contributed by atoms with Gasteiger partial charge in [0.25, 0.3) is 5.91 Å². The SMILES string of the molecule is CCc1ccc(NC(=O)/C(C#N)=C\c2cc(Br)c(OCc3ccc(F)cc3)c(OC)c2)cc1. The third-order valence-electron chi connectivity index (χ3n) is 4.84. The van der Waals surface area contributed by atoms with Crippen molar-refractivity contribution < 1.29 is 18.7 Å². The van der Waals surface area contributed by atoms with Crippen molar-refractivity contribution in [3.8, 4) is 17.6 Å². The van der Waals surface area contributed by atoms with Gasteiger partial charge < -0.3 is 14.8 Å². The van der Waals surface area contributed by atoms with Crippen LogP contribution in [0, 0.1) is 17.1 Å². The van der Waals surface area contributed by atoms with Crippen molar-refractivity contribution in [3.63, 3.8) is 0 Å². The number of rotatable bonds is 8. The van der Waals surface area contributed by atoms with E-state index in [1.807, 2.05) is 18.2 Å². The Morgan fingerprint density at radius 1 is 1.12 bits per heavy atom. The summed E-state index contributed by atoms with van der Waals surface area (Å²) in [4.78, 5) is 12.6. The van der Waals surface area contributed by atoms with Crippen LogP contribution in [-0.2, 0) is 17.8 Å². The number of benzene rings is 3. The van der Waals surface area contributed by atoms with Crippen LogP contribution in [0.5, 0.6) is 11.5 Å². The summed E-state index contributed by atoms with van der Waals surface area (Å²) in [5.74, 6) is 0.0565. The average molecular weight is 509 g/mol. The summed E-state index contributed by atoms with van der Waals surface area (Å²) in [7, 11) is 1.50. The summed E-state index contributed by atoms with van der Waals surface area (Å²) in [5.41, 5.74) is 3.10. The maximum absolute atomic E-state index is 13.1. The maximum atomic E-state index is 13.1. The molecule has 0 saturated carbocycles. The van der Waals surface area contributed by atoms with E-state index in [0.717, 1.165) is 17.5 Å². The number of carbonyl (C=O) groups is 1. The van der Waals surface area contributed by atoms with Crippen molar-refractivity contribution >= 4 is 33.6 Å². The Bertz CT molecular complexity index is 1200. The molecule has 0 bridgehead atoms. The van der Waals surface area contributed by atoms with Crippen molar-refractivity contribution in [1.82, 2.24) is 0 Å². The number of carbonyl (C=O) groups excluding carboxylic acids is 1. The second-order valence-corrected chi connectivity index (χ2v) is 7.98. The minimum Gasteiger partial charge on any atom is -0.493 e. The van der Waals surface area contributed by atoms with Gasteiger partial charge in [0.15, 0.2) is 11.5 Å². The summed E-state index contributed by atoms with van der Waals surface area (Å²) in [6, 6.07) is 18.8. The number of hydrogen-bond donors (Lipinski definition) is 1. The number of aryl methyl sites for hydroxylation is 1. The van der Waals surface area contributed by atoms with Gasteiger partial charge in [-0.05, 0) is 81.5 Å². The second-order valence-electron chi connectivity index (χ2n) is 7.12. The first-order chi connectivity index (χ1) is 15.9. The molecule has 0 heterocycles. The molecule has 0 fully saturated rings. The van der Waals surface area contributed by atoms with Crippen LogP contribution < -0.4 is 14.8 Å². The second kappa shape index (κ2) is 11.3. The molecule has 168 valence electrons. The average Bonchev–Trinajstić information content (AvgIpc) is 2.83. The van der Waals surface area contributed by atoms with Crippen LogP contribution in [0.25, 0.3) is 6.08 Å². The Labute approximate surface area is 200 Å². The number of nitrogens with zero attached hydrogens (tertiary/aromatic N) is 1. The topological polar surface area (TPSA) is 71.4 Å². The maximum Gasteiger partial charge on any atom is 0.266 e. The summed E-state index contributed by atoms with van der Waals surface area (Å²) in [5, 5.41) is 12.3. The van der Waals surface area contributed by atoms with E-state index >= 15 is 0 Å². The number of nitriles is 1. The molecule has 0 aliphatic heterocycles. The van der Waals surface area contributed by atoms with Crippen molar-refractivity contribution in [2.45, 2.75) is 20.0 Å². The fourth-order valence-electron chi connectivity index (χ4n) is 3.04. The van der Waals surface area contributed by atoms with Crippen molar-refractivity contribution in [2.75, 3.05) is 12.4 Å². The lowest BCUT2D eigenvalue weighted by atomic mass is 10.1. The molecule has 0 atom stereocenters. The minimum atomic E-state index is -0.506.